The molecule has 4 rings (SSSR count). The van der Waals surface area contributed by atoms with Gasteiger partial charge in [-0.3, -0.25) is 9.59 Å². The van der Waals surface area contributed by atoms with Gasteiger partial charge in [0.15, 0.2) is 0 Å². The van der Waals surface area contributed by atoms with Crippen molar-refractivity contribution < 1.29 is 41.0 Å². The third-order valence-electron chi connectivity index (χ3n) is 7.49. The zero-order valence-corrected chi connectivity index (χ0v) is 25.7. The average molecular weight is 648 g/mol. The van der Waals surface area contributed by atoms with Crippen LogP contribution in [0.3, 0.4) is 0 Å². The number of amides is 2. The summed E-state index contributed by atoms with van der Waals surface area (Å²) in [5, 5.41) is 15.3. The van der Waals surface area contributed by atoms with Crippen LogP contribution in [-0.4, -0.2) is 54.9 Å². The fourth-order valence-electron chi connectivity index (χ4n) is 5.10. The van der Waals surface area contributed by atoms with Crippen molar-refractivity contribution in [2.45, 2.75) is 68.8 Å². The predicted octanol–water partition coefficient (Wildman–Crippen LogP) is 5.07. The van der Waals surface area contributed by atoms with Crippen LogP contribution in [0.25, 0.3) is 0 Å². The zero-order chi connectivity index (χ0) is 32.8. The number of nitrogens with one attached hydrogen (secondary N) is 2. The van der Waals surface area contributed by atoms with E-state index in [4.69, 9.17) is 4.74 Å². The number of nitrogens with zero attached hydrogens (tertiary/aromatic N) is 1. The van der Waals surface area contributed by atoms with Gasteiger partial charge in [-0.05, 0) is 80.3 Å². The number of sulfonamides is 1. The van der Waals surface area contributed by atoms with Crippen molar-refractivity contribution >= 4 is 27.5 Å². The Morgan fingerprint density at radius 1 is 1.04 bits per heavy atom. The summed E-state index contributed by atoms with van der Waals surface area (Å²) in [5.41, 5.74) is 0.659. The first-order valence-electron chi connectivity index (χ1n) is 14.6. The Morgan fingerprint density at radius 3 is 2.36 bits per heavy atom. The second-order valence-electron chi connectivity index (χ2n) is 10.8. The summed E-state index contributed by atoms with van der Waals surface area (Å²) in [4.78, 5) is 26.7. The molecule has 2 amide bonds. The lowest BCUT2D eigenvalue weighted by atomic mass is 10.00. The molecule has 0 radical (unpaired) electrons. The summed E-state index contributed by atoms with van der Waals surface area (Å²) in [5.74, 6) is -0.689. The van der Waals surface area contributed by atoms with Crippen molar-refractivity contribution in [2.24, 2.45) is 0 Å². The first-order chi connectivity index (χ1) is 21.3. The van der Waals surface area contributed by atoms with Gasteiger partial charge >= 0.3 is 6.18 Å². The Hall–Kier alpha value is -3.94. The maximum atomic E-state index is 13.7. The van der Waals surface area contributed by atoms with E-state index in [9.17, 15) is 36.3 Å². The van der Waals surface area contributed by atoms with E-state index in [0.717, 1.165) is 22.5 Å². The van der Waals surface area contributed by atoms with Gasteiger partial charge in [-0.15, -0.1) is 0 Å². The number of benzene rings is 3. The molecule has 9 nitrogen and oxygen atoms in total. The molecule has 0 spiro atoms. The molecule has 3 atom stereocenters. The normalized spacial score (nSPS) is 17.2. The topological polar surface area (TPSA) is 125 Å². The van der Waals surface area contributed by atoms with Crippen LogP contribution in [-0.2, 0) is 32.2 Å². The van der Waals surface area contributed by atoms with Gasteiger partial charge < -0.3 is 20.5 Å². The van der Waals surface area contributed by atoms with Crippen molar-refractivity contribution in [1.29, 1.82) is 0 Å². The molecule has 3 aromatic rings. The van der Waals surface area contributed by atoms with Crippen LogP contribution in [0.2, 0.25) is 0 Å². The monoisotopic (exact) mass is 647 g/mol. The number of anilines is 1. The molecule has 1 heterocycles. The minimum atomic E-state index is -4.75. The number of aliphatic hydroxyl groups is 1. The van der Waals surface area contributed by atoms with Gasteiger partial charge in [-0.25, -0.2) is 8.42 Å². The number of hydrogen-bond acceptors (Lipinski definition) is 6. The van der Waals surface area contributed by atoms with E-state index in [1.54, 1.807) is 55.5 Å². The van der Waals surface area contributed by atoms with E-state index < -0.39 is 56.7 Å². The van der Waals surface area contributed by atoms with Gasteiger partial charge in [-0.2, -0.15) is 17.5 Å². The van der Waals surface area contributed by atoms with Gasteiger partial charge in [-0.1, -0.05) is 36.8 Å². The van der Waals surface area contributed by atoms with Crippen molar-refractivity contribution in [2.75, 3.05) is 18.5 Å². The standard InChI is InChI=1S/C32H36F3N3O6S/c1-3-44-26-16-14-25(15-17-26)36-30(40)28(19-22-10-12-23(13-11-22)21(2)39)37-31(41)29-9-4-5-18-38(29)45(42,43)27-8-6-7-24(20-27)32(33,34)35/h6-8,10-17,20-21,28-29,39H,3-5,9,18-19H2,1-2H3,(H,36,40)(H,37,41)/t21?,28-,29?/m0/s1. The molecular weight excluding hydrogens is 611 g/mol. The van der Waals surface area contributed by atoms with Gasteiger partial charge in [0.25, 0.3) is 0 Å². The minimum Gasteiger partial charge on any atom is -0.494 e. The maximum Gasteiger partial charge on any atom is 0.416 e. The van der Waals surface area contributed by atoms with Crippen LogP contribution in [0.1, 0.15) is 55.9 Å². The number of carbonyl (C=O) groups excluding carboxylic acids is 2. The average Bonchev–Trinajstić information content (AvgIpc) is 3.01. The lowest BCUT2D eigenvalue weighted by molar-refractivity contribution is -0.137. The summed E-state index contributed by atoms with van der Waals surface area (Å²) < 4.78 is 73.5. The predicted molar refractivity (Wildman–Crippen MR) is 162 cm³/mol. The van der Waals surface area contributed by atoms with E-state index in [0.29, 0.717) is 48.1 Å². The molecule has 45 heavy (non-hydrogen) atoms. The molecule has 0 saturated carbocycles. The lowest BCUT2D eigenvalue weighted by Gasteiger charge is -2.34. The first kappa shape index (κ1) is 33.9. The van der Waals surface area contributed by atoms with E-state index in [1.807, 2.05) is 6.92 Å². The second kappa shape index (κ2) is 14.4. The summed E-state index contributed by atoms with van der Waals surface area (Å²) in [7, 11) is -4.49. The number of carbonyl (C=O) groups is 2. The number of rotatable bonds is 11. The lowest BCUT2D eigenvalue weighted by Crippen LogP contribution is -2.56. The number of ether oxygens (including phenoxy) is 1. The fourth-order valence-corrected chi connectivity index (χ4v) is 6.80. The van der Waals surface area contributed by atoms with E-state index in [1.165, 1.54) is 0 Å². The van der Waals surface area contributed by atoms with Crippen LogP contribution < -0.4 is 15.4 Å². The molecule has 3 N–H and O–H groups in total. The molecule has 2 unspecified atom stereocenters. The number of aliphatic hydroxyl groups excluding tert-OH is 1. The molecule has 1 aliphatic heterocycles. The highest BCUT2D eigenvalue weighted by molar-refractivity contribution is 7.89. The van der Waals surface area contributed by atoms with Crippen LogP contribution in [0, 0.1) is 0 Å². The third-order valence-corrected chi connectivity index (χ3v) is 9.40. The smallest absolute Gasteiger partial charge is 0.416 e. The molecule has 1 saturated heterocycles. The summed E-state index contributed by atoms with van der Waals surface area (Å²) in [6.45, 7) is 3.86. The number of hydrogen-bond donors (Lipinski definition) is 3. The highest BCUT2D eigenvalue weighted by atomic mass is 32.2. The zero-order valence-electron chi connectivity index (χ0n) is 24.9. The van der Waals surface area contributed by atoms with Crippen molar-refractivity contribution in [3.63, 3.8) is 0 Å². The van der Waals surface area contributed by atoms with Crippen molar-refractivity contribution in [3.8, 4) is 5.75 Å². The Bertz CT molecular complexity index is 1580. The van der Waals surface area contributed by atoms with E-state index >= 15 is 0 Å². The fraction of sp³-hybridized carbons (Fsp3) is 0.375. The van der Waals surface area contributed by atoms with Gasteiger partial charge in [0.1, 0.15) is 17.8 Å². The Labute approximate surface area is 260 Å². The minimum absolute atomic E-state index is 0.0434. The van der Waals surface area contributed by atoms with Gasteiger partial charge in [0, 0.05) is 18.7 Å². The Balaban J connectivity index is 1.59. The molecular formula is C32H36F3N3O6S. The van der Waals surface area contributed by atoms with Crippen molar-refractivity contribution in [1.82, 2.24) is 9.62 Å². The van der Waals surface area contributed by atoms with E-state index in [2.05, 4.69) is 10.6 Å². The molecule has 1 fully saturated rings. The Morgan fingerprint density at radius 2 is 1.73 bits per heavy atom. The molecule has 13 heteroatoms. The van der Waals surface area contributed by atoms with Gasteiger partial charge in [0.2, 0.25) is 21.8 Å². The quantitative estimate of drug-likeness (QED) is 0.267. The van der Waals surface area contributed by atoms with Crippen LogP contribution in [0.5, 0.6) is 5.75 Å². The first-order valence-corrected chi connectivity index (χ1v) is 16.0. The van der Waals surface area contributed by atoms with Crippen LogP contribution >= 0.6 is 0 Å². The number of halogens is 3. The highest BCUT2D eigenvalue weighted by Crippen LogP contribution is 2.32. The number of piperidine rings is 1. The summed E-state index contributed by atoms with van der Waals surface area (Å²) in [6.07, 6.45) is -4.35. The van der Waals surface area contributed by atoms with Crippen LogP contribution in [0.4, 0.5) is 18.9 Å². The highest BCUT2D eigenvalue weighted by Gasteiger charge is 2.40. The second-order valence-corrected chi connectivity index (χ2v) is 12.7. The molecule has 0 bridgehead atoms. The SMILES string of the molecule is CCOc1ccc(NC(=O)[C@H](Cc2ccc(C(C)O)cc2)NC(=O)C2CCCCN2S(=O)(=O)c2cccc(C(F)(F)F)c2)cc1. The van der Waals surface area contributed by atoms with Crippen LogP contribution in [0.15, 0.2) is 77.7 Å². The number of alkyl halides is 3. The molecule has 1 aliphatic rings. The van der Waals surface area contributed by atoms with Crippen molar-refractivity contribution in [3.05, 3.63) is 89.5 Å². The largest absolute Gasteiger partial charge is 0.494 e. The summed E-state index contributed by atoms with van der Waals surface area (Å²) in [6, 6.07) is 14.5. The maximum absolute atomic E-state index is 13.7. The Kier molecular flexibility index (Phi) is 10.9. The molecule has 3 aromatic carbocycles. The van der Waals surface area contributed by atoms with E-state index in [-0.39, 0.29) is 19.4 Å². The molecule has 0 aliphatic carbocycles. The molecule has 0 aromatic heterocycles. The third kappa shape index (κ3) is 8.62. The summed E-state index contributed by atoms with van der Waals surface area (Å²) >= 11 is 0. The van der Waals surface area contributed by atoms with Gasteiger partial charge in [0.05, 0.1) is 23.2 Å². The molecule has 242 valence electrons.